The predicted octanol–water partition coefficient (Wildman–Crippen LogP) is 1.64. The molecule has 3 aromatic rings. The van der Waals surface area contributed by atoms with Crippen LogP contribution in [0.2, 0.25) is 0 Å². The molecular weight excluding hydrogens is 322 g/mol. The molecule has 0 saturated carbocycles. The Morgan fingerprint density at radius 2 is 2.12 bits per heavy atom. The fourth-order valence-corrected chi connectivity index (χ4v) is 2.62. The summed E-state index contributed by atoms with van der Waals surface area (Å²) in [7, 11) is 0. The minimum absolute atomic E-state index is 0.174. The first-order chi connectivity index (χ1) is 12.2. The van der Waals surface area contributed by atoms with Gasteiger partial charge < -0.3 is 20.5 Å². The summed E-state index contributed by atoms with van der Waals surface area (Å²) < 4.78 is 5.47. The van der Waals surface area contributed by atoms with E-state index in [0.717, 1.165) is 18.7 Å². The van der Waals surface area contributed by atoms with Crippen LogP contribution in [0.1, 0.15) is 0 Å². The number of rotatable bonds is 4. The molecule has 2 aromatic heterocycles. The van der Waals surface area contributed by atoms with E-state index >= 15 is 0 Å². The maximum absolute atomic E-state index is 12.1. The van der Waals surface area contributed by atoms with Gasteiger partial charge in [-0.3, -0.25) is 5.10 Å². The highest BCUT2D eigenvalue weighted by molar-refractivity contribution is 5.87. The zero-order chi connectivity index (χ0) is 17.2. The largest absolute Gasteiger partial charge is 0.508 e. The second-order valence-electron chi connectivity index (χ2n) is 5.98. The normalized spacial score (nSPS) is 14.2. The molecule has 0 atom stereocenters. The van der Waals surface area contributed by atoms with Gasteiger partial charge in [-0.15, -0.1) is 0 Å². The number of nitrogens with one attached hydrogen (secondary N) is 3. The van der Waals surface area contributed by atoms with Gasteiger partial charge in [-0.1, -0.05) is 0 Å². The van der Waals surface area contributed by atoms with Crippen LogP contribution in [0.15, 0.2) is 36.5 Å². The summed E-state index contributed by atoms with van der Waals surface area (Å²) in [6.45, 7) is 2.40. The number of hydrogen-bond acceptors (Lipinski definition) is 6. The number of phenolic OH excluding ortho intramolecular Hbond substituents is 1. The maximum atomic E-state index is 12.1. The molecule has 8 nitrogen and oxygen atoms in total. The van der Waals surface area contributed by atoms with Crippen molar-refractivity contribution in [2.75, 3.05) is 19.6 Å². The molecule has 0 unspecified atom stereocenters. The fraction of sp³-hybridized carbons (Fsp3) is 0.235. The summed E-state index contributed by atoms with van der Waals surface area (Å²) in [4.78, 5) is 16.6. The van der Waals surface area contributed by atoms with E-state index < -0.39 is 6.09 Å². The third kappa shape index (κ3) is 3.24. The Labute approximate surface area is 143 Å². The molecule has 1 fully saturated rings. The van der Waals surface area contributed by atoms with Gasteiger partial charge >= 0.3 is 6.09 Å². The number of aromatic nitrogens is 3. The summed E-state index contributed by atoms with van der Waals surface area (Å²) in [5, 5.41) is 22.7. The number of carbonyl (C=O) groups excluding carboxylic acids is 1. The monoisotopic (exact) mass is 339 g/mol. The SMILES string of the molecule is O=C(NCC1CNC1)Oc1cc(-c2ccc(O)cc2)nc2[nH]ncc12. The second kappa shape index (κ2) is 6.40. The number of H-pyrrole nitrogens is 1. The number of hydrogen-bond donors (Lipinski definition) is 4. The van der Waals surface area contributed by atoms with Crippen LogP contribution in [0.5, 0.6) is 11.5 Å². The van der Waals surface area contributed by atoms with Gasteiger partial charge in [-0.2, -0.15) is 5.10 Å². The van der Waals surface area contributed by atoms with Gasteiger partial charge in [0.15, 0.2) is 5.65 Å². The molecular formula is C17H17N5O3. The summed E-state index contributed by atoms with van der Waals surface area (Å²) in [6.07, 6.45) is 1.07. The molecule has 1 amide bonds. The molecule has 1 saturated heterocycles. The molecule has 25 heavy (non-hydrogen) atoms. The minimum Gasteiger partial charge on any atom is -0.508 e. The second-order valence-corrected chi connectivity index (χ2v) is 5.98. The topological polar surface area (TPSA) is 112 Å². The van der Waals surface area contributed by atoms with Crippen LogP contribution >= 0.6 is 0 Å². The number of ether oxygens (including phenoxy) is 1. The fourth-order valence-electron chi connectivity index (χ4n) is 2.62. The van der Waals surface area contributed by atoms with Crippen molar-refractivity contribution in [2.24, 2.45) is 5.92 Å². The number of pyridine rings is 1. The van der Waals surface area contributed by atoms with Crippen molar-refractivity contribution in [1.29, 1.82) is 0 Å². The molecule has 0 bridgehead atoms. The number of carbonyl (C=O) groups is 1. The number of fused-ring (bicyclic) bond motifs is 1. The Morgan fingerprint density at radius 1 is 1.32 bits per heavy atom. The van der Waals surface area contributed by atoms with E-state index in [1.165, 1.54) is 0 Å². The first-order valence-electron chi connectivity index (χ1n) is 7.99. The Bertz CT molecular complexity index is 902. The van der Waals surface area contributed by atoms with E-state index in [0.29, 0.717) is 34.9 Å². The summed E-state index contributed by atoms with van der Waals surface area (Å²) in [5.74, 6) is 1.00. The summed E-state index contributed by atoms with van der Waals surface area (Å²) in [5.41, 5.74) is 1.93. The van der Waals surface area contributed by atoms with Gasteiger partial charge in [-0.25, -0.2) is 9.78 Å². The Morgan fingerprint density at radius 3 is 2.84 bits per heavy atom. The molecule has 3 heterocycles. The molecule has 0 spiro atoms. The molecule has 4 N–H and O–H groups in total. The molecule has 1 aromatic carbocycles. The van der Waals surface area contributed by atoms with Crippen molar-refractivity contribution in [3.8, 4) is 22.8 Å². The molecule has 8 heteroatoms. The highest BCUT2D eigenvalue weighted by Gasteiger charge is 2.19. The Balaban J connectivity index is 1.59. The van der Waals surface area contributed by atoms with E-state index in [1.54, 1.807) is 36.5 Å². The van der Waals surface area contributed by atoms with Crippen molar-refractivity contribution in [3.63, 3.8) is 0 Å². The van der Waals surface area contributed by atoms with Gasteiger partial charge in [0.2, 0.25) is 0 Å². The third-order valence-electron chi connectivity index (χ3n) is 4.15. The highest BCUT2D eigenvalue weighted by Crippen LogP contribution is 2.29. The van der Waals surface area contributed by atoms with Crippen molar-refractivity contribution < 1.29 is 14.6 Å². The lowest BCUT2D eigenvalue weighted by molar-refractivity contribution is 0.196. The molecule has 0 radical (unpaired) electrons. The molecule has 1 aliphatic heterocycles. The lowest BCUT2D eigenvalue weighted by Crippen LogP contribution is -2.48. The molecule has 4 rings (SSSR count). The van der Waals surface area contributed by atoms with Crippen LogP contribution in [-0.4, -0.2) is 46.0 Å². The van der Waals surface area contributed by atoms with Crippen LogP contribution < -0.4 is 15.4 Å². The summed E-state index contributed by atoms with van der Waals surface area (Å²) >= 11 is 0. The number of nitrogens with zero attached hydrogens (tertiary/aromatic N) is 2. The first-order valence-corrected chi connectivity index (χ1v) is 7.99. The van der Waals surface area contributed by atoms with E-state index in [9.17, 15) is 9.90 Å². The van der Waals surface area contributed by atoms with Gasteiger partial charge in [0.1, 0.15) is 11.5 Å². The molecule has 0 aliphatic carbocycles. The number of aromatic hydroxyl groups is 1. The number of phenols is 1. The van der Waals surface area contributed by atoms with Gasteiger partial charge in [0, 0.05) is 37.2 Å². The van der Waals surface area contributed by atoms with E-state index in [4.69, 9.17) is 4.74 Å². The standard InChI is InChI=1S/C17H17N5O3/c23-12-3-1-11(2-4-12)14-5-15(13-9-20-22-16(13)21-14)25-17(24)19-8-10-6-18-7-10/h1-5,9-10,18,23H,6-8H2,(H,19,24)(H,20,21,22). The smallest absolute Gasteiger partial charge is 0.412 e. The van der Waals surface area contributed by atoms with Crippen LogP contribution in [0.3, 0.4) is 0 Å². The lowest BCUT2D eigenvalue weighted by atomic mass is 10.0. The number of amides is 1. The zero-order valence-corrected chi connectivity index (χ0v) is 13.3. The van der Waals surface area contributed by atoms with Crippen molar-refractivity contribution >= 4 is 17.1 Å². The van der Waals surface area contributed by atoms with Crippen LogP contribution in [0.4, 0.5) is 4.79 Å². The quantitative estimate of drug-likeness (QED) is 0.575. The van der Waals surface area contributed by atoms with E-state index in [-0.39, 0.29) is 5.75 Å². The first kappa shape index (κ1) is 15.4. The van der Waals surface area contributed by atoms with Crippen molar-refractivity contribution in [3.05, 3.63) is 36.5 Å². The average molecular weight is 339 g/mol. The van der Waals surface area contributed by atoms with Crippen molar-refractivity contribution in [2.45, 2.75) is 0 Å². The third-order valence-corrected chi connectivity index (χ3v) is 4.15. The van der Waals surface area contributed by atoms with Gasteiger partial charge in [-0.05, 0) is 24.3 Å². The molecule has 1 aliphatic rings. The highest BCUT2D eigenvalue weighted by atomic mass is 16.6. The number of benzene rings is 1. The zero-order valence-electron chi connectivity index (χ0n) is 13.3. The minimum atomic E-state index is -0.503. The van der Waals surface area contributed by atoms with Crippen LogP contribution in [0.25, 0.3) is 22.3 Å². The molecule has 128 valence electrons. The Hall–Kier alpha value is -3.13. The average Bonchev–Trinajstić information content (AvgIpc) is 3.03. The lowest BCUT2D eigenvalue weighted by Gasteiger charge is -2.26. The van der Waals surface area contributed by atoms with Crippen molar-refractivity contribution in [1.82, 2.24) is 25.8 Å². The maximum Gasteiger partial charge on any atom is 0.412 e. The van der Waals surface area contributed by atoms with E-state index in [2.05, 4.69) is 25.8 Å². The number of aromatic amines is 1. The van der Waals surface area contributed by atoms with E-state index in [1.807, 2.05) is 0 Å². The summed E-state index contributed by atoms with van der Waals surface area (Å²) in [6, 6.07) is 8.33. The Kier molecular flexibility index (Phi) is 3.95. The van der Waals surface area contributed by atoms with Gasteiger partial charge in [0.25, 0.3) is 0 Å². The van der Waals surface area contributed by atoms with Gasteiger partial charge in [0.05, 0.1) is 17.3 Å². The van der Waals surface area contributed by atoms with Crippen LogP contribution in [0, 0.1) is 5.92 Å². The predicted molar refractivity (Wildman–Crippen MR) is 91.4 cm³/mol. The van der Waals surface area contributed by atoms with Crippen LogP contribution in [-0.2, 0) is 0 Å².